The number of ether oxygens (including phenoxy) is 1. The van der Waals surface area contributed by atoms with Crippen LogP contribution in [-0.4, -0.2) is 49.2 Å². The van der Waals surface area contributed by atoms with Crippen molar-refractivity contribution in [2.24, 2.45) is 0 Å². The van der Waals surface area contributed by atoms with Crippen molar-refractivity contribution in [2.75, 3.05) is 24.9 Å². The van der Waals surface area contributed by atoms with Gasteiger partial charge in [0.05, 0.1) is 21.3 Å². The van der Waals surface area contributed by atoms with E-state index >= 15 is 0 Å². The minimum Gasteiger partial charge on any atom is -0.446 e. The van der Waals surface area contributed by atoms with Crippen LogP contribution in [0.4, 0.5) is 23.8 Å². The van der Waals surface area contributed by atoms with Crippen molar-refractivity contribution in [1.29, 1.82) is 0 Å². The number of aromatic nitrogens is 1. The minimum absolute atomic E-state index is 0.139. The van der Waals surface area contributed by atoms with Crippen LogP contribution in [0.15, 0.2) is 11.4 Å². The highest BCUT2D eigenvalue weighted by molar-refractivity contribution is 7.17. The van der Waals surface area contributed by atoms with Crippen LogP contribution < -0.4 is 15.5 Å². The van der Waals surface area contributed by atoms with Gasteiger partial charge < -0.3 is 20.3 Å². The van der Waals surface area contributed by atoms with Gasteiger partial charge in [-0.15, -0.1) is 11.3 Å². The number of nitrogens with one attached hydrogen (secondary N) is 2. The molecule has 0 bridgehead atoms. The van der Waals surface area contributed by atoms with Gasteiger partial charge in [0.2, 0.25) is 0 Å². The summed E-state index contributed by atoms with van der Waals surface area (Å²) in [5.74, 6) is -1.30. The second-order valence-corrected chi connectivity index (χ2v) is 7.70. The Kier molecular flexibility index (Phi) is 4.95. The molecule has 1 saturated heterocycles. The summed E-state index contributed by atoms with van der Waals surface area (Å²) in [6.07, 6.45) is -7.91. The zero-order valence-corrected chi connectivity index (χ0v) is 17.2. The lowest BCUT2D eigenvalue weighted by atomic mass is 10.1. The molecule has 0 aromatic carbocycles. The number of halogens is 3. The normalized spacial score (nSPS) is 20.8. The van der Waals surface area contributed by atoms with Gasteiger partial charge in [0.25, 0.3) is 5.91 Å². The van der Waals surface area contributed by atoms with Crippen LogP contribution in [0.5, 0.6) is 0 Å². The van der Waals surface area contributed by atoms with Crippen molar-refractivity contribution in [3.63, 3.8) is 0 Å². The van der Waals surface area contributed by atoms with Crippen molar-refractivity contribution in [1.82, 2.24) is 15.6 Å². The van der Waals surface area contributed by atoms with Crippen LogP contribution >= 0.6 is 11.3 Å². The van der Waals surface area contributed by atoms with E-state index in [1.165, 1.54) is 12.4 Å². The average Bonchev–Trinajstić information content (AvgIpc) is 3.06. The van der Waals surface area contributed by atoms with Crippen LogP contribution in [0.2, 0.25) is 0 Å². The van der Waals surface area contributed by atoms with E-state index in [4.69, 9.17) is 10.2 Å². The van der Waals surface area contributed by atoms with E-state index in [2.05, 4.69) is 15.6 Å². The summed E-state index contributed by atoms with van der Waals surface area (Å²) in [6, 6.07) is 0.312. The number of carbonyl (C=O) groups is 2. The number of piperidine rings is 1. The standard InChI is InChI=1S/C19H23F3N4O3S/c1-10(2)24-18(28)29-11-4-6-26(7-5-11)14-8-13(19(20,21)22)16-15(25-14)12(9-30-16)17(27)23-3/h8-11H,4-7H2,1-3H3,(H,23,27)(H,24,28)/i6D2,7D2. The molecular weight excluding hydrogens is 421 g/mol. The first-order valence-electron chi connectivity index (χ1n) is 11.1. The lowest BCUT2D eigenvalue weighted by Crippen LogP contribution is -2.41. The summed E-state index contributed by atoms with van der Waals surface area (Å²) in [7, 11) is 1.30. The van der Waals surface area contributed by atoms with Crippen LogP contribution in [0, 0.1) is 0 Å². The number of nitrogens with zero attached hydrogens (tertiary/aromatic N) is 2. The number of alkyl halides is 3. The Morgan fingerprint density at radius 3 is 2.60 bits per heavy atom. The summed E-state index contributed by atoms with van der Waals surface area (Å²) < 4.78 is 80.0. The molecule has 2 N–H and O–H groups in total. The Bertz CT molecular complexity index is 1090. The lowest BCUT2D eigenvalue weighted by molar-refractivity contribution is -0.136. The number of fused-ring (bicyclic) bond motifs is 1. The summed E-state index contributed by atoms with van der Waals surface area (Å²) in [6.45, 7) is -1.78. The number of rotatable bonds is 4. The molecule has 0 unspecified atom stereocenters. The summed E-state index contributed by atoms with van der Waals surface area (Å²) >= 11 is 0.664. The van der Waals surface area contributed by atoms with Crippen LogP contribution in [0.1, 0.15) is 48.1 Å². The molecule has 0 aliphatic carbocycles. The molecule has 7 nitrogen and oxygen atoms in total. The maximum Gasteiger partial charge on any atom is 0.417 e. The van der Waals surface area contributed by atoms with Gasteiger partial charge in [-0.05, 0) is 19.9 Å². The zero-order chi connectivity index (χ0) is 25.6. The fraction of sp³-hybridized carbons (Fsp3) is 0.526. The number of anilines is 1. The zero-order valence-electron chi connectivity index (χ0n) is 20.4. The molecule has 30 heavy (non-hydrogen) atoms. The molecule has 0 atom stereocenters. The Morgan fingerprint density at radius 2 is 2.03 bits per heavy atom. The van der Waals surface area contributed by atoms with Gasteiger partial charge in [-0.3, -0.25) is 4.79 Å². The van der Waals surface area contributed by atoms with Gasteiger partial charge in [0.15, 0.2) is 0 Å². The Hall–Kier alpha value is -2.56. The van der Waals surface area contributed by atoms with E-state index < -0.39 is 61.5 Å². The highest BCUT2D eigenvalue weighted by Crippen LogP contribution is 2.40. The third kappa shape index (κ3) is 4.77. The Balaban J connectivity index is 2.09. The van der Waals surface area contributed by atoms with Crippen LogP contribution in [0.25, 0.3) is 10.2 Å². The van der Waals surface area contributed by atoms with Crippen molar-refractivity contribution >= 4 is 39.4 Å². The van der Waals surface area contributed by atoms with E-state index in [0.717, 1.165) is 0 Å². The van der Waals surface area contributed by atoms with Crippen molar-refractivity contribution in [3.8, 4) is 0 Å². The van der Waals surface area contributed by atoms with E-state index in [1.807, 2.05) is 0 Å². The van der Waals surface area contributed by atoms with Crippen LogP contribution in [0.3, 0.4) is 0 Å². The fourth-order valence-electron chi connectivity index (χ4n) is 2.80. The number of thiophene rings is 1. The van der Waals surface area contributed by atoms with Gasteiger partial charge in [-0.1, -0.05) is 0 Å². The molecular formula is C19H23F3N4O3S. The molecule has 1 aliphatic heterocycles. The van der Waals surface area contributed by atoms with Gasteiger partial charge in [-0.2, -0.15) is 13.2 Å². The van der Waals surface area contributed by atoms with Gasteiger partial charge in [-0.25, -0.2) is 9.78 Å². The first-order chi connectivity index (χ1) is 15.6. The third-order valence-corrected chi connectivity index (χ3v) is 5.15. The monoisotopic (exact) mass is 448 g/mol. The highest BCUT2D eigenvalue weighted by atomic mass is 32.1. The third-order valence-electron chi connectivity index (χ3n) is 4.15. The Morgan fingerprint density at radius 1 is 1.37 bits per heavy atom. The van der Waals surface area contributed by atoms with E-state index in [-0.39, 0.29) is 21.8 Å². The second-order valence-electron chi connectivity index (χ2n) is 6.82. The van der Waals surface area contributed by atoms with Crippen LogP contribution in [-0.2, 0) is 10.9 Å². The van der Waals surface area contributed by atoms with Crippen molar-refractivity contribution < 1.29 is 33.0 Å². The molecule has 2 aromatic heterocycles. The predicted octanol–water partition coefficient (Wildman–Crippen LogP) is 3.78. The minimum atomic E-state index is -4.86. The number of pyridine rings is 1. The summed E-state index contributed by atoms with van der Waals surface area (Å²) in [5, 5.41) is 5.99. The molecule has 0 radical (unpaired) electrons. The number of carbonyl (C=O) groups excluding carboxylic acids is 2. The van der Waals surface area contributed by atoms with E-state index in [1.54, 1.807) is 13.8 Å². The largest absolute Gasteiger partial charge is 0.446 e. The highest BCUT2D eigenvalue weighted by Gasteiger charge is 2.36. The smallest absolute Gasteiger partial charge is 0.417 e. The molecule has 2 amide bonds. The average molecular weight is 449 g/mol. The fourth-order valence-corrected chi connectivity index (χ4v) is 3.82. The SMILES string of the molecule is [2H]C1([2H])CC(OC(=O)NC(C)C)CC([2H])([2H])N1c1cc(C(F)(F)F)c2scc(C(=O)NC)c2n1. The van der Waals surface area contributed by atoms with Crippen molar-refractivity contribution in [2.45, 2.75) is 45.0 Å². The maximum atomic E-state index is 13.9. The molecule has 1 fully saturated rings. The number of hydrogen-bond acceptors (Lipinski definition) is 6. The van der Waals surface area contributed by atoms with Gasteiger partial charge in [0.1, 0.15) is 11.9 Å². The molecule has 1 aliphatic rings. The first-order valence-corrected chi connectivity index (χ1v) is 9.94. The molecule has 3 rings (SSSR count). The lowest BCUT2D eigenvalue weighted by Gasteiger charge is -2.33. The summed E-state index contributed by atoms with van der Waals surface area (Å²) in [4.78, 5) is 28.7. The quantitative estimate of drug-likeness (QED) is 0.744. The van der Waals surface area contributed by atoms with Gasteiger partial charge in [0, 0.05) is 49.8 Å². The maximum absolute atomic E-state index is 13.9. The molecule has 0 spiro atoms. The topological polar surface area (TPSA) is 83.6 Å². The second kappa shape index (κ2) is 8.66. The Labute approximate surface area is 181 Å². The predicted molar refractivity (Wildman–Crippen MR) is 108 cm³/mol. The van der Waals surface area contributed by atoms with E-state index in [9.17, 15) is 22.8 Å². The first kappa shape index (κ1) is 17.2. The van der Waals surface area contributed by atoms with E-state index in [0.29, 0.717) is 22.3 Å². The van der Waals surface area contributed by atoms with Crippen molar-refractivity contribution in [3.05, 3.63) is 22.6 Å². The van der Waals surface area contributed by atoms with Gasteiger partial charge >= 0.3 is 12.3 Å². The molecule has 2 aromatic rings. The molecule has 3 heterocycles. The number of amides is 2. The summed E-state index contributed by atoms with van der Waals surface area (Å²) in [5.41, 5.74) is -1.61. The molecule has 0 saturated carbocycles. The molecule has 11 heteroatoms. The number of alkyl carbamates (subject to hydrolysis) is 1. The number of hydrogen-bond donors (Lipinski definition) is 2. The molecule has 164 valence electrons.